The molecular weight excluding hydrogens is 294 g/mol. The molecule has 0 aliphatic heterocycles. The molecule has 2 heterocycles. The molecule has 0 unspecified atom stereocenters. The first kappa shape index (κ1) is 14.7. The molecule has 0 spiro atoms. The Kier molecular flexibility index (Phi) is 3.76. The highest BCUT2D eigenvalue weighted by atomic mass is 16.2. The fourth-order valence-electron chi connectivity index (χ4n) is 2.06. The Bertz CT molecular complexity index is 912. The summed E-state index contributed by atoms with van der Waals surface area (Å²) < 4.78 is 1.19. The van der Waals surface area contributed by atoms with Gasteiger partial charge in [0.1, 0.15) is 5.69 Å². The fraction of sp³-hybridized carbons (Fsp3) is 0.125. The number of H-pyrrole nitrogens is 1. The molecule has 0 aliphatic rings. The fourth-order valence-corrected chi connectivity index (χ4v) is 2.06. The van der Waals surface area contributed by atoms with Gasteiger partial charge in [-0.15, -0.1) is 0 Å². The zero-order chi connectivity index (χ0) is 16.4. The number of para-hydroxylation sites is 1. The van der Waals surface area contributed by atoms with Crippen molar-refractivity contribution in [3.8, 4) is 5.69 Å². The molecule has 3 aromatic rings. The van der Waals surface area contributed by atoms with Crippen molar-refractivity contribution in [2.45, 2.75) is 13.8 Å². The van der Waals surface area contributed by atoms with Crippen LogP contribution in [0.25, 0.3) is 5.69 Å². The zero-order valence-corrected chi connectivity index (χ0v) is 12.7. The second-order valence-electron chi connectivity index (χ2n) is 5.08. The summed E-state index contributed by atoms with van der Waals surface area (Å²) in [6.07, 6.45) is 0. The summed E-state index contributed by atoms with van der Waals surface area (Å²) in [7, 11) is 0. The minimum Gasteiger partial charge on any atom is -0.303 e. The quantitative estimate of drug-likeness (QED) is 0.772. The topological polar surface area (TPSA) is 92.7 Å². The molecule has 0 saturated carbocycles. The summed E-state index contributed by atoms with van der Waals surface area (Å²) in [6, 6.07) is 11.6. The van der Waals surface area contributed by atoms with Crippen LogP contribution in [0.1, 0.15) is 21.7 Å². The number of nitrogens with zero attached hydrogens (tertiary/aromatic N) is 3. The lowest BCUT2D eigenvalue weighted by Crippen LogP contribution is -2.25. The van der Waals surface area contributed by atoms with Crippen LogP contribution in [-0.4, -0.2) is 25.9 Å². The van der Waals surface area contributed by atoms with Gasteiger partial charge < -0.3 is 5.32 Å². The summed E-state index contributed by atoms with van der Waals surface area (Å²) in [4.78, 5) is 24.3. The molecule has 0 radical (unpaired) electrons. The van der Waals surface area contributed by atoms with Crippen LogP contribution in [-0.2, 0) is 0 Å². The molecule has 116 valence electrons. The number of nitrogens with one attached hydrogen (secondary N) is 2. The first-order chi connectivity index (χ1) is 11.1. The van der Waals surface area contributed by atoms with E-state index < -0.39 is 5.91 Å². The number of aromatic nitrogens is 4. The van der Waals surface area contributed by atoms with Crippen molar-refractivity contribution in [3.63, 3.8) is 0 Å². The summed E-state index contributed by atoms with van der Waals surface area (Å²) in [5.41, 5.74) is 2.16. The Morgan fingerprint density at radius 3 is 2.52 bits per heavy atom. The minimum absolute atomic E-state index is 0.133. The Morgan fingerprint density at radius 2 is 1.87 bits per heavy atom. The summed E-state index contributed by atoms with van der Waals surface area (Å²) >= 11 is 0. The van der Waals surface area contributed by atoms with Gasteiger partial charge in [-0.3, -0.25) is 14.7 Å². The number of carbonyl (C=O) groups is 1. The maximum Gasteiger partial charge on any atom is 0.277 e. The van der Waals surface area contributed by atoms with Crippen LogP contribution in [0.4, 0.5) is 5.82 Å². The van der Waals surface area contributed by atoms with E-state index in [9.17, 15) is 9.59 Å². The van der Waals surface area contributed by atoms with Crippen molar-refractivity contribution in [2.24, 2.45) is 0 Å². The lowest BCUT2D eigenvalue weighted by molar-refractivity contribution is 0.102. The SMILES string of the molecule is Cc1[nH]nc(NC(=O)c2ccc(=O)n(-c3ccccc3)n2)c1C. The Balaban J connectivity index is 1.93. The smallest absolute Gasteiger partial charge is 0.277 e. The monoisotopic (exact) mass is 309 g/mol. The van der Waals surface area contributed by atoms with Gasteiger partial charge >= 0.3 is 0 Å². The number of hydrogen-bond donors (Lipinski definition) is 2. The molecular formula is C16H15N5O2. The molecule has 1 aromatic carbocycles. The molecule has 2 N–H and O–H groups in total. The van der Waals surface area contributed by atoms with Crippen molar-refractivity contribution in [2.75, 3.05) is 5.32 Å². The lowest BCUT2D eigenvalue weighted by Gasteiger charge is -2.07. The van der Waals surface area contributed by atoms with E-state index in [1.54, 1.807) is 24.3 Å². The van der Waals surface area contributed by atoms with Crippen molar-refractivity contribution in [3.05, 3.63) is 69.8 Å². The number of rotatable bonds is 3. The standard InChI is InChI=1S/C16H15N5O2/c1-10-11(2)18-19-15(10)17-16(23)13-8-9-14(22)21(20-13)12-6-4-3-5-7-12/h3-9H,1-2H3,(H2,17,18,19,23). The second kappa shape index (κ2) is 5.88. The van der Waals surface area contributed by atoms with Crippen molar-refractivity contribution >= 4 is 11.7 Å². The third kappa shape index (κ3) is 2.89. The Labute approximate surface area is 132 Å². The van der Waals surface area contributed by atoms with E-state index in [1.165, 1.54) is 16.8 Å². The highest BCUT2D eigenvalue weighted by molar-refractivity contribution is 6.02. The van der Waals surface area contributed by atoms with E-state index in [0.29, 0.717) is 11.5 Å². The van der Waals surface area contributed by atoms with Gasteiger partial charge in [0, 0.05) is 17.3 Å². The maximum atomic E-state index is 12.3. The molecule has 0 bridgehead atoms. The summed E-state index contributed by atoms with van der Waals surface area (Å²) in [6.45, 7) is 3.72. The normalized spacial score (nSPS) is 10.5. The maximum absolute atomic E-state index is 12.3. The second-order valence-corrected chi connectivity index (χ2v) is 5.08. The molecule has 0 saturated heterocycles. The van der Waals surface area contributed by atoms with E-state index in [4.69, 9.17) is 0 Å². The van der Waals surface area contributed by atoms with Gasteiger partial charge in [0.15, 0.2) is 5.82 Å². The number of hydrogen-bond acceptors (Lipinski definition) is 4. The number of aromatic amines is 1. The number of anilines is 1. The molecule has 2 aromatic heterocycles. The van der Waals surface area contributed by atoms with Gasteiger partial charge in [0.25, 0.3) is 11.5 Å². The molecule has 3 rings (SSSR count). The summed E-state index contributed by atoms with van der Waals surface area (Å²) in [5.74, 6) is 0.0241. The van der Waals surface area contributed by atoms with Gasteiger partial charge in [-0.05, 0) is 32.0 Å². The van der Waals surface area contributed by atoms with Crippen LogP contribution in [0, 0.1) is 13.8 Å². The van der Waals surface area contributed by atoms with Crippen LogP contribution in [0.5, 0.6) is 0 Å². The molecule has 0 aliphatic carbocycles. The minimum atomic E-state index is -0.427. The first-order valence-corrected chi connectivity index (χ1v) is 7.05. The average molecular weight is 309 g/mol. The third-order valence-corrected chi connectivity index (χ3v) is 3.52. The number of carbonyl (C=O) groups excluding carboxylic acids is 1. The van der Waals surface area contributed by atoms with Gasteiger partial charge in [0.05, 0.1) is 5.69 Å². The zero-order valence-electron chi connectivity index (χ0n) is 12.7. The van der Waals surface area contributed by atoms with Gasteiger partial charge in [-0.1, -0.05) is 18.2 Å². The van der Waals surface area contributed by atoms with Crippen LogP contribution in [0.3, 0.4) is 0 Å². The predicted octanol–water partition coefficient (Wildman–Crippen LogP) is 1.82. The molecule has 1 amide bonds. The van der Waals surface area contributed by atoms with Crippen LogP contribution >= 0.6 is 0 Å². The highest BCUT2D eigenvalue weighted by Gasteiger charge is 2.14. The molecule has 7 nitrogen and oxygen atoms in total. The Hall–Kier alpha value is -3.22. The predicted molar refractivity (Wildman–Crippen MR) is 85.8 cm³/mol. The molecule has 0 atom stereocenters. The molecule has 7 heteroatoms. The first-order valence-electron chi connectivity index (χ1n) is 7.05. The third-order valence-electron chi connectivity index (χ3n) is 3.52. The van der Waals surface area contributed by atoms with Crippen LogP contribution < -0.4 is 10.9 Å². The van der Waals surface area contributed by atoms with Gasteiger partial charge in [-0.25, -0.2) is 0 Å². The number of amides is 1. The molecule has 23 heavy (non-hydrogen) atoms. The van der Waals surface area contributed by atoms with Crippen molar-refractivity contribution in [1.82, 2.24) is 20.0 Å². The van der Waals surface area contributed by atoms with E-state index in [1.807, 2.05) is 19.9 Å². The van der Waals surface area contributed by atoms with Crippen molar-refractivity contribution < 1.29 is 4.79 Å². The number of aryl methyl sites for hydroxylation is 1. The van der Waals surface area contributed by atoms with E-state index in [2.05, 4.69) is 20.6 Å². The van der Waals surface area contributed by atoms with Crippen LogP contribution in [0.15, 0.2) is 47.3 Å². The summed E-state index contributed by atoms with van der Waals surface area (Å²) in [5, 5.41) is 13.6. The lowest BCUT2D eigenvalue weighted by atomic mass is 10.2. The van der Waals surface area contributed by atoms with Crippen molar-refractivity contribution in [1.29, 1.82) is 0 Å². The largest absolute Gasteiger partial charge is 0.303 e. The van der Waals surface area contributed by atoms with Gasteiger partial charge in [0.2, 0.25) is 0 Å². The van der Waals surface area contributed by atoms with E-state index >= 15 is 0 Å². The average Bonchev–Trinajstić information content (AvgIpc) is 2.88. The van der Waals surface area contributed by atoms with E-state index in [0.717, 1.165) is 11.3 Å². The molecule has 0 fully saturated rings. The van der Waals surface area contributed by atoms with Gasteiger partial charge in [-0.2, -0.15) is 14.9 Å². The highest BCUT2D eigenvalue weighted by Crippen LogP contribution is 2.14. The van der Waals surface area contributed by atoms with E-state index in [-0.39, 0.29) is 11.3 Å². The van der Waals surface area contributed by atoms with Crippen LogP contribution in [0.2, 0.25) is 0 Å². The number of benzene rings is 1. The Morgan fingerprint density at radius 1 is 1.13 bits per heavy atom.